The molecule has 0 saturated carbocycles. The molecule has 2 rings (SSSR count). The number of hydrogen-bond donors (Lipinski definition) is 0. The Labute approximate surface area is 135 Å². The lowest BCUT2D eigenvalue weighted by Crippen LogP contribution is -2.04. The van der Waals surface area contributed by atoms with Crippen LogP contribution in [0.3, 0.4) is 0 Å². The van der Waals surface area contributed by atoms with Crippen LogP contribution in [-0.2, 0) is 16.1 Å². The summed E-state index contributed by atoms with van der Waals surface area (Å²) in [5, 5.41) is 0. The molecular weight excluding hydrogens is 296 g/mol. The third-order valence-corrected chi connectivity index (χ3v) is 4.19. The number of carbonyl (C=O) groups is 1. The van der Waals surface area contributed by atoms with Crippen LogP contribution in [-0.4, -0.2) is 18.8 Å². The van der Waals surface area contributed by atoms with Crippen molar-refractivity contribution >= 4 is 17.7 Å². The lowest BCUT2D eigenvalue weighted by atomic mass is 10.2. The summed E-state index contributed by atoms with van der Waals surface area (Å²) in [6.45, 7) is 0.352. The Morgan fingerprint density at radius 3 is 2.45 bits per heavy atom. The van der Waals surface area contributed by atoms with Crippen molar-refractivity contribution in [3.8, 4) is 5.75 Å². The number of rotatable bonds is 8. The van der Waals surface area contributed by atoms with E-state index in [1.165, 1.54) is 4.90 Å². The van der Waals surface area contributed by atoms with Crippen molar-refractivity contribution < 1.29 is 14.3 Å². The van der Waals surface area contributed by atoms with Gasteiger partial charge in [0.2, 0.25) is 0 Å². The summed E-state index contributed by atoms with van der Waals surface area (Å²) in [6, 6.07) is 17.7. The van der Waals surface area contributed by atoms with E-state index in [9.17, 15) is 4.79 Å². The van der Waals surface area contributed by atoms with E-state index in [1.54, 1.807) is 18.9 Å². The lowest BCUT2D eigenvalue weighted by Gasteiger charge is -2.05. The molecule has 0 aromatic heterocycles. The van der Waals surface area contributed by atoms with E-state index in [1.807, 2.05) is 54.6 Å². The van der Waals surface area contributed by atoms with E-state index in [0.29, 0.717) is 13.0 Å². The molecule has 4 heteroatoms. The topological polar surface area (TPSA) is 35.5 Å². The highest BCUT2D eigenvalue weighted by molar-refractivity contribution is 7.99. The standard InChI is InChI=1S/C18H20O3S/c1-20-16-9-11-17(12-10-16)22-13-5-8-18(19)21-14-15-6-3-2-4-7-15/h2-4,6-7,9-12H,5,8,13-14H2,1H3. The summed E-state index contributed by atoms with van der Waals surface area (Å²) in [7, 11) is 1.66. The summed E-state index contributed by atoms with van der Waals surface area (Å²) >= 11 is 1.73. The Hall–Kier alpha value is -1.94. The molecule has 0 saturated heterocycles. The van der Waals surface area contributed by atoms with Crippen LogP contribution in [0.4, 0.5) is 0 Å². The maximum Gasteiger partial charge on any atom is 0.306 e. The molecular formula is C18H20O3S. The van der Waals surface area contributed by atoms with Crippen LogP contribution in [0.15, 0.2) is 59.5 Å². The lowest BCUT2D eigenvalue weighted by molar-refractivity contribution is -0.144. The number of hydrogen-bond acceptors (Lipinski definition) is 4. The predicted molar refractivity (Wildman–Crippen MR) is 89.2 cm³/mol. The van der Waals surface area contributed by atoms with Gasteiger partial charge in [0, 0.05) is 11.3 Å². The minimum absolute atomic E-state index is 0.140. The van der Waals surface area contributed by atoms with Gasteiger partial charge in [0.15, 0.2) is 0 Å². The molecule has 0 atom stereocenters. The Balaban J connectivity index is 1.60. The maximum atomic E-state index is 11.7. The molecule has 2 aromatic carbocycles. The average molecular weight is 316 g/mol. The molecule has 0 aliphatic heterocycles. The number of thioether (sulfide) groups is 1. The summed E-state index contributed by atoms with van der Waals surface area (Å²) in [5.74, 6) is 1.61. The van der Waals surface area contributed by atoms with E-state index >= 15 is 0 Å². The van der Waals surface area contributed by atoms with Crippen LogP contribution in [0.2, 0.25) is 0 Å². The van der Waals surface area contributed by atoms with E-state index in [4.69, 9.17) is 9.47 Å². The van der Waals surface area contributed by atoms with Crippen molar-refractivity contribution in [3.05, 3.63) is 60.2 Å². The van der Waals surface area contributed by atoms with Crippen LogP contribution < -0.4 is 4.74 Å². The molecule has 0 aliphatic rings. The molecule has 3 nitrogen and oxygen atoms in total. The van der Waals surface area contributed by atoms with Gasteiger partial charge in [-0.25, -0.2) is 0 Å². The Kier molecular flexibility index (Phi) is 6.84. The quantitative estimate of drug-likeness (QED) is 0.413. The zero-order valence-electron chi connectivity index (χ0n) is 12.7. The molecule has 0 amide bonds. The van der Waals surface area contributed by atoms with Crippen LogP contribution in [0.25, 0.3) is 0 Å². The second-order valence-corrected chi connectivity index (χ2v) is 5.94. The van der Waals surface area contributed by atoms with Gasteiger partial charge in [-0.1, -0.05) is 30.3 Å². The fourth-order valence-corrected chi connectivity index (χ4v) is 2.74. The minimum Gasteiger partial charge on any atom is -0.497 e. The third kappa shape index (κ3) is 5.82. The van der Waals surface area contributed by atoms with Gasteiger partial charge in [-0.15, -0.1) is 11.8 Å². The summed E-state index contributed by atoms with van der Waals surface area (Å²) in [5.41, 5.74) is 1.02. The molecule has 2 aromatic rings. The monoisotopic (exact) mass is 316 g/mol. The van der Waals surface area contributed by atoms with Gasteiger partial charge < -0.3 is 9.47 Å². The molecule has 0 heterocycles. The fraction of sp³-hybridized carbons (Fsp3) is 0.278. The van der Waals surface area contributed by atoms with Crippen LogP contribution >= 0.6 is 11.8 Å². The van der Waals surface area contributed by atoms with Crippen molar-refractivity contribution in [1.82, 2.24) is 0 Å². The van der Waals surface area contributed by atoms with Gasteiger partial charge in [0.05, 0.1) is 7.11 Å². The van der Waals surface area contributed by atoms with Crippen molar-refractivity contribution in [2.24, 2.45) is 0 Å². The number of benzene rings is 2. The average Bonchev–Trinajstić information content (AvgIpc) is 2.58. The van der Waals surface area contributed by atoms with Gasteiger partial charge in [-0.05, 0) is 42.0 Å². The van der Waals surface area contributed by atoms with Crippen molar-refractivity contribution in [1.29, 1.82) is 0 Å². The first-order valence-electron chi connectivity index (χ1n) is 7.24. The van der Waals surface area contributed by atoms with Crippen molar-refractivity contribution in [2.45, 2.75) is 24.3 Å². The normalized spacial score (nSPS) is 10.2. The largest absolute Gasteiger partial charge is 0.497 e. The number of carbonyl (C=O) groups excluding carboxylic acids is 1. The van der Waals surface area contributed by atoms with Gasteiger partial charge in [0.1, 0.15) is 12.4 Å². The zero-order valence-corrected chi connectivity index (χ0v) is 13.5. The predicted octanol–water partition coefficient (Wildman–Crippen LogP) is 4.31. The summed E-state index contributed by atoms with van der Waals surface area (Å²) in [4.78, 5) is 12.8. The Bertz CT molecular complexity index is 567. The maximum absolute atomic E-state index is 11.7. The number of ether oxygens (including phenoxy) is 2. The molecule has 0 radical (unpaired) electrons. The third-order valence-electron chi connectivity index (χ3n) is 3.10. The number of esters is 1. The molecule has 116 valence electrons. The SMILES string of the molecule is COc1ccc(SCCCC(=O)OCc2ccccc2)cc1. The zero-order chi connectivity index (χ0) is 15.6. The first-order chi connectivity index (χ1) is 10.8. The smallest absolute Gasteiger partial charge is 0.306 e. The van der Waals surface area contributed by atoms with Gasteiger partial charge in [0.25, 0.3) is 0 Å². The van der Waals surface area contributed by atoms with E-state index in [-0.39, 0.29) is 5.97 Å². The van der Waals surface area contributed by atoms with E-state index < -0.39 is 0 Å². The van der Waals surface area contributed by atoms with Gasteiger partial charge in [-0.2, -0.15) is 0 Å². The molecule has 0 fully saturated rings. The second-order valence-electron chi connectivity index (χ2n) is 4.77. The first kappa shape index (κ1) is 16.4. The van der Waals surface area contributed by atoms with Gasteiger partial charge in [-0.3, -0.25) is 4.79 Å². The highest BCUT2D eigenvalue weighted by Gasteiger charge is 2.04. The molecule has 0 unspecified atom stereocenters. The van der Waals surface area contributed by atoms with Gasteiger partial charge >= 0.3 is 5.97 Å². The Morgan fingerprint density at radius 1 is 1.05 bits per heavy atom. The highest BCUT2D eigenvalue weighted by atomic mass is 32.2. The molecule has 22 heavy (non-hydrogen) atoms. The van der Waals surface area contributed by atoms with E-state index in [2.05, 4.69) is 0 Å². The number of methoxy groups -OCH3 is 1. The van der Waals surface area contributed by atoms with Crippen LogP contribution in [0.1, 0.15) is 18.4 Å². The molecule has 0 bridgehead atoms. The van der Waals surface area contributed by atoms with Crippen molar-refractivity contribution in [2.75, 3.05) is 12.9 Å². The second kappa shape index (κ2) is 9.15. The first-order valence-corrected chi connectivity index (χ1v) is 8.23. The summed E-state index contributed by atoms with van der Waals surface area (Å²) < 4.78 is 10.4. The van der Waals surface area contributed by atoms with Crippen LogP contribution in [0, 0.1) is 0 Å². The summed E-state index contributed by atoms with van der Waals surface area (Å²) in [6.07, 6.45) is 1.26. The Morgan fingerprint density at radius 2 is 1.77 bits per heavy atom. The highest BCUT2D eigenvalue weighted by Crippen LogP contribution is 2.22. The molecule has 0 aliphatic carbocycles. The fourth-order valence-electron chi connectivity index (χ4n) is 1.89. The molecule has 0 spiro atoms. The van der Waals surface area contributed by atoms with Crippen LogP contribution in [0.5, 0.6) is 5.75 Å². The minimum atomic E-state index is -0.140. The molecule has 0 N–H and O–H groups in total. The van der Waals surface area contributed by atoms with E-state index in [0.717, 1.165) is 23.5 Å². The van der Waals surface area contributed by atoms with Crippen molar-refractivity contribution in [3.63, 3.8) is 0 Å².